The lowest BCUT2D eigenvalue weighted by Crippen LogP contribution is -2.36. The SMILES string of the molecule is CC(=O)OC(C)(C)C(=O)O.CC(C)C(=O)c1cc2nc(C3CCC(C)(C)CC3)cc(C(C)(C)C)c2o1.CCCC.CCCC(C)(C)C. The fourth-order valence-corrected chi connectivity index (χ4v) is 5.06. The van der Waals surface area contributed by atoms with Crippen LogP contribution in [-0.4, -0.2) is 33.4 Å². The quantitative estimate of drug-likeness (QED) is 0.233. The Balaban J connectivity index is 0.000000826. The molecule has 2 aromatic heterocycles. The van der Waals surface area contributed by atoms with Crippen molar-refractivity contribution in [3.05, 3.63) is 29.2 Å². The van der Waals surface area contributed by atoms with Gasteiger partial charge in [-0.3, -0.25) is 9.59 Å². The molecule has 0 spiro atoms. The highest BCUT2D eigenvalue weighted by Gasteiger charge is 2.31. The average molecular weight is 660 g/mol. The van der Waals surface area contributed by atoms with Gasteiger partial charge in [0.05, 0.1) is 0 Å². The Bertz CT molecular complexity index is 1260. The molecule has 2 aromatic rings. The third kappa shape index (κ3) is 16.3. The van der Waals surface area contributed by atoms with Crippen LogP contribution >= 0.6 is 0 Å². The molecule has 0 aliphatic heterocycles. The maximum atomic E-state index is 12.4. The molecule has 1 N–H and O–H groups in total. The standard InChI is InChI=1S/C23H33NO2.C7H16.C6H10O4.C4H10/c1-14(2)20(25)19-13-18-21(26-19)16(22(3,4)5)12-17(24-18)15-8-10-23(6,7)11-9-15;1-5-6-7(2,3)4;1-4(7)10-6(2,3)5(8)9;1-3-4-2/h12-15H,8-11H2,1-7H3;5-6H2,1-4H3;1-3H3,(H,8,9);3-4H2,1-2H3. The van der Waals surface area contributed by atoms with E-state index in [1.807, 2.05) is 19.9 Å². The molecular weight excluding hydrogens is 590 g/mol. The molecule has 2 heterocycles. The van der Waals surface area contributed by atoms with Gasteiger partial charge >= 0.3 is 11.9 Å². The highest BCUT2D eigenvalue weighted by molar-refractivity contribution is 5.98. The first-order valence-electron chi connectivity index (χ1n) is 17.7. The van der Waals surface area contributed by atoms with Gasteiger partial charge in [0.15, 0.2) is 11.3 Å². The van der Waals surface area contributed by atoms with Crippen LogP contribution in [0.15, 0.2) is 16.5 Å². The van der Waals surface area contributed by atoms with Gasteiger partial charge in [-0.05, 0) is 68.3 Å². The van der Waals surface area contributed by atoms with Crippen LogP contribution in [-0.2, 0) is 19.7 Å². The number of nitrogens with zero attached hydrogens (tertiary/aromatic N) is 1. The number of carboxylic acids is 1. The molecule has 270 valence electrons. The van der Waals surface area contributed by atoms with Gasteiger partial charge in [-0.1, -0.05) is 109 Å². The van der Waals surface area contributed by atoms with E-state index in [0.29, 0.717) is 22.5 Å². The molecule has 1 fully saturated rings. The summed E-state index contributed by atoms with van der Waals surface area (Å²) in [7, 11) is 0. The molecular formula is C40H69NO6. The third-order valence-electron chi connectivity index (χ3n) is 8.25. The van der Waals surface area contributed by atoms with Crippen LogP contribution in [0.1, 0.15) is 190 Å². The first-order valence-corrected chi connectivity index (χ1v) is 17.7. The monoisotopic (exact) mass is 660 g/mol. The number of carbonyl (C=O) groups excluding carboxylic acids is 2. The fourth-order valence-electron chi connectivity index (χ4n) is 5.06. The molecule has 1 saturated carbocycles. The molecule has 1 aliphatic rings. The summed E-state index contributed by atoms with van der Waals surface area (Å²) in [5.74, 6) is -0.824. The van der Waals surface area contributed by atoms with Crippen molar-refractivity contribution in [2.75, 3.05) is 0 Å². The van der Waals surface area contributed by atoms with Crippen molar-refractivity contribution in [1.82, 2.24) is 4.98 Å². The number of carboxylic acid groups (broad SMARTS) is 1. The Morgan fingerprint density at radius 3 is 1.77 bits per heavy atom. The lowest BCUT2D eigenvalue weighted by Gasteiger charge is -2.34. The predicted octanol–water partition coefficient (Wildman–Crippen LogP) is 11.7. The van der Waals surface area contributed by atoms with Crippen molar-refractivity contribution in [2.24, 2.45) is 16.7 Å². The van der Waals surface area contributed by atoms with Crippen molar-refractivity contribution in [2.45, 2.75) is 179 Å². The number of aliphatic carboxylic acids is 1. The molecule has 0 aromatic carbocycles. The second kappa shape index (κ2) is 18.7. The summed E-state index contributed by atoms with van der Waals surface area (Å²) in [6.07, 6.45) is 10.1. The van der Waals surface area contributed by atoms with Gasteiger partial charge in [-0.2, -0.15) is 0 Å². The van der Waals surface area contributed by atoms with Crippen LogP contribution in [0.5, 0.6) is 0 Å². The second-order valence-electron chi connectivity index (χ2n) is 16.8. The van der Waals surface area contributed by atoms with Crippen molar-refractivity contribution in [1.29, 1.82) is 0 Å². The van der Waals surface area contributed by atoms with Gasteiger partial charge in [0.25, 0.3) is 0 Å². The molecule has 0 bridgehead atoms. The fraction of sp³-hybridized carbons (Fsp3) is 0.750. The molecule has 7 nitrogen and oxygen atoms in total. The normalized spacial score (nSPS) is 15.0. The molecule has 1 aliphatic carbocycles. The zero-order valence-electron chi connectivity index (χ0n) is 32.9. The molecule has 0 unspecified atom stereocenters. The van der Waals surface area contributed by atoms with Crippen LogP contribution in [0.25, 0.3) is 11.1 Å². The lowest BCUT2D eigenvalue weighted by atomic mass is 9.72. The number of esters is 1. The molecule has 7 heteroatoms. The molecule has 47 heavy (non-hydrogen) atoms. The molecule has 0 atom stereocenters. The van der Waals surface area contributed by atoms with Crippen LogP contribution in [0, 0.1) is 16.7 Å². The number of pyridine rings is 1. The summed E-state index contributed by atoms with van der Waals surface area (Å²) in [5, 5.41) is 8.41. The number of fused-ring (bicyclic) bond motifs is 1. The zero-order valence-corrected chi connectivity index (χ0v) is 32.9. The van der Waals surface area contributed by atoms with E-state index in [2.05, 4.69) is 87.0 Å². The van der Waals surface area contributed by atoms with E-state index < -0.39 is 17.5 Å². The van der Waals surface area contributed by atoms with Crippen LogP contribution in [0.3, 0.4) is 0 Å². The number of aromatic nitrogens is 1. The van der Waals surface area contributed by atoms with Gasteiger partial charge in [0.2, 0.25) is 11.4 Å². The first-order chi connectivity index (χ1) is 21.3. The highest BCUT2D eigenvalue weighted by Crippen LogP contribution is 2.43. The molecule has 0 saturated heterocycles. The van der Waals surface area contributed by atoms with E-state index in [1.165, 1.54) is 77.8 Å². The summed E-state index contributed by atoms with van der Waals surface area (Å²) in [6, 6.07) is 4.08. The van der Waals surface area contributed by atoms with E-state index in [1.54, 1.807) is 0 Å². The van der Waals surface area contributed by atoms with Gasteiger partial charge in [-0.15, -0.1) is 0 Å². The third-order valence-corrected chi connectivity index (χ3v) is 8.25. The molecule has 0 amide bonds. The second-order valence-corrected chi connectivity index (χ2v) is 16.8. The minimum absolute atomic E-state index is 0.0452. The Morgan fingerprint density at radius 1 is 0.936 bits per heavy atom. The van der Waals surface area contributed by atoms with E-state index in [-0.39, 0.29) is 17.1 Å². The summed E-state index contributed by atoms with van der Waals surface area (Å²) in [6.45, 7) is 32.3. The van der Waals surface area contributed by atoms with Crippen LogP contribution in [0.4, 0.5) is 0 Å². The Hall–Kier alpha value is -2.70. The van der Waals surface area contributed by atoms with E-state index in [9.17, 15) is 14.4 Å². The van der Waals surface area contributed by atoms with Gasteiger partial charge < -0.3 is 14.3 Å². The largest absolute Gasteiger partial charge is 0.478 e. The van der Waals surface area contributed by atoms with Crippen molar-refractivity contribution in [3.63, 3.8) is 0 Å². The van der Waals surface area contributed by atoms with E-state index >= 15 is 0 Å². The minimum Gasteiger partial charge on any atom is -0.478 e. The summed E-state index contributed by atoms with van der Waals surface area (Å²) < 4.78 is 10.5. The van der Waals surface area contributed by atoms with Gasteiger partial charge in [0, 0.05) is 36.1 Å². The van der Waals surface area contributed by atoms with Crippen LogP contribution < -0.4 is 0 Å². The van der Waals surface area contributed by atoms with E-state index in [0.717, 1.165) is 16.7 Å². The van der Waals surface area contributed by atoms with E-state index in [4.69, 9.17) is 14.5 Å². The Kier molecular flexibility index (Phi) is 17.7. The number of hydrogen-bond acceptors (Lipinski definition) is 6. The van der Waals surface area contributed by atoms with Crippen molar-refractivity contribution >= 4 is 28.8 Å². The number of ether oxygens (including phenoxy) is 1. The highest BCUT2D eigenvalue weighted by atomic mass is 16.6. The zero-order chi connectivity index (χ0) is 37.0. The van der Waals surface area contributed by atoms with Gasteiger partial charge in [-0.25, -0.2) is 9.78 Å². The lowest BCUT2D eigenvalue weighted by molar-refractivity contribution is -0.172. The number of carbonyl (C=O) groups is 3. The first kappa shape index (κ1) is 44.3. The predicted molar refractivity (Wildman–Crippen MR) is 195 cm³/mol. The minimum atomic E-state index is -1.41. The van der Waals surface area contributed by atoms with Crippen molar-refractivity contribution < 1.29 is 28.6 Å². The topological polar surface area (TPSA) is 107 Å². The average Bonchev–Trinajstić information content (AvgIpc) is 3.35. The summed E-state index contributed by atoms with van der Waals surface area (Å²) in [5.41, 5.74) is 3.47. The number of furan rings is 1. The Morgan fingerprint density at radius 2 is 1.45 bits per heavy atom. The van der Waals surface area contributed by atoms with Crippen molar-refractivity contribution in [3.8, 4) is 0 Å². The summed E-state index contributed by atoms with van der Waals surface area (Å²) >= 11 is 0. The molecule has 0 radical (unpaired) electrons. The maximum Gasteiger partial charge on any atom is 0.347 e. The number of Topliss-reactive ketones (excluding diaryl/α,β-unsaturated/α-hetero) is 1. The maximum absolute atomic E-state index is 12.4. The Labute approximate surface area is 287 Å². The van der Waals surface area contributed by atoms with Gasteiger partial charge in [0.1, 0.15) is 5.52 Å². The number of rotatable bonds is 7. The number of unbranched alkanes of at least 4 members (excludes halogenated alkanes) is 1. The van der Waals surface area contributed by atoms with Crippen LogP contribution in [0.2, 0.25) is 0 Å². The smallest absolute Gasteiger partial charge is 0.347 e. The molecule has 3 rings (SSSR count). The summed E-state index contributed by atoms with van der Waals surface area (Å²) in [4.78, 5) is 37.9. The number of ketones is 1. The number of hydrogen-bond donors (Lipinski definition) is 1.